The molecule has 5 heteroatoms. The third-order valence-electron chi connectivity index (χ3n) is 3.58. The van der Waals surface area contributed by atoms with Crippen LogP contribution in [0.15, 0.2) is 18.3 Å². The first-order valence-electron chi connectivity index (χ1n) is 6.26. The Morgan fingerprint density at radius 1 is 1.35 bits per heavy atom. The first-order chi connectivity index (χ1) is 8.38. The van der Waals surface area contributed by atoms with Gasteiger partial charge in [-0.05, 0) is 31.5 Å². The van der Waals surface area contributed by atoms with Crippen molar-refractivity contribution in [1.29, 1.82) is 0 Å². The molecule has 0 aliphatic carbocycles. The van der Waals surface area contributed by atoms with Crippen LogP contribution in [-0.2, 0) is 0 Å². The lowest BCUT2D eigenvalue weighted by atomic mass is 10.1. The highest BCUT2D eigenvalue weighted by Crippen LogP contribution is 2.23. The van der Waals surface area contributed by atoms with Gasteiger partial charge in [0.05, 0.1) is 6.04 Å². The van der Waals surface area contributed by atoms with E-state index in [0.29, 0.717) is 6.04 Å². The molecule has 0 saturated carbocycles. The van der Waals surface area contributed by atoms with E-state index in [1.807, 2.05) is 23.0 Å². The number of likely N-dealkylation sites (tertiary alicyclic amines) is 1. The average Bonchev–Trinajstić information content (AvgIpc) is 2.83. The van der Waals surface area contributed by atoms with Crippen LogP contribution >= 0.6 is 0 Å². The number of rotatable bonds is 2. The maximum Gasteiger partial charge on any atom is 0.178 e. The number of nitrogens with zero attached hydrogens (tertiary/aromatic N) is 5. The van der Waals surface area contributed by atoms with E-state index in [1.165, 1.54) is 0 Å². The van der Waals surface area contributed by atoms with Gasteiger partial charge in [-0.15, -0.1) is 5.10 Å². The maximum absolute atomic E-state index is 4.38. The first kappa shape index (κ1) is 10.7. The van der Waals surface area contributed by atoms with Crippen LogP contribution in [0.3, 0.4) is 0 Å². The van der Waals surface area contributed by atoms with Crippen molar-refractivity contribution in [2.24, 2.45) is 0 Å². The second-order valence-electron chi connectivity index (χ2n) is 4.55. The Balaban J connectivity index is 1.85. The van der Waals surface area contributed by atoms with Gasteiger partial charge in [0.2, 0.25) is 0 Å². The molecule has 3 rings (SSSR count). The lowest BCUT2D eigenvalue weighted by Crippen LogP contribution is -2.34. The number of pyridine rings is 1. The molecule has 1 saturated heterocycles. The smallest absolute Gasteiger partial charge is 0.178 e. The Labute approximate surface area is 100 Å². The summed E-state index contributed by atoms with van der Waals surface area (Å²) in [6.45, 7) is 5.65. The van der Waals surface area contributed by atoms with Crippen LogP contribution in [0.4, 0.5) is 0 Å². The molecule has 1 aliphatic rings. The first-order valence-corrected chi connectivity index (χ1v) is 6.26. The van der Waals surface area contributed by atoms with Gasteiger partial charge >= 0.3 is 0 Å². The standard InChI is InChI=1S/C12H17N5/c1-2-16-8-5-10(6-9-16)17-12-11(14-15-17)4-3-7-13-12/h3-4,7,10H,2,5-6,8-9H2,1H3. The number of piperidine rings is 1. The largest absolute Gasteiger partial charge is 0.303 e. The highest BCUT2D eigenvalue weighted by atomic mass is 15.5. The molecule has 0 atom stereocenters. The number of aromatic nitrogens is 4. The zero-order valence-corrected chi connectivity index (χ0v) is 10.1. The minimum atomic E-state index is 0.456. The quantitative estimate of drug-likeness (QED) is 0.785. The number of hydrogen-bond donors (Lipinski definition) is 0. The average molecular weight is 231 g/mol. The Morgan fingerprint density at radius 2 is 2.18 bits per heavy atom. The highest BCUT2D eigenvalue weighted by molar-refractivity contribution is 5.68. The predicted octanol–water partition coefficient (Wildman–Crippen LogP) is 1.48. The lowest BCUT2D eigenvalue weighted by molar-refractivity contribution is 0.188. The lowest BCUT2D eigenvalue weighted by Gasteiger charge is -2.30. The Kier molecular flexibility index (Phi) is 2.76. The van der Waals surface area contributed by atoms with Crippen molar-refractivity contribution in [1.82, 2.24) is 24.9 Å². The van der Waals surface area contributed by atoms with Gasteiger partial charge in [0, 0.05) is 19.3 Å². The maximum atomic E-state index is 4.38. The van der Waals surface area contributed by atoms with Crippen LogP contribution in [0.2, 0.25) is 0 Å². The van der Waals surface area contributed by atoms with E-state index in [-0.39, 0.29) is 0 Å². The van der Waals surface area contributed by atoms with Gasteiger partial charge in [-0.1, -0.05) is 12.1 Å². The summed E-state index contributed by atoms with van der Waals surface area (Å²) in [4.78, 5) is 6.86. The van der Waals surface area contributed by atoms with E-state index >= 15 is 0 Å². The van der Waals surface area contributed by atoms with E-state index in [2.05, 4.69) is 27.1 Å². The summed E-state index contributed by atoms with van der Waals surface area (Å²) in [7, 11) is 0. The van der Waals surface area contributed by atoms with E-state index in [0.717, 1.165) is 43.6 Å². The molecule has 1 fully saturated rings. The minimum Gasteiger partial charge on any atom is -0.303 e. The van der Waals surface area contributed by atoms with Gasteiger partial charge in [0.15, 0.2) is 5.65 Å². The summed E-state index contributed by atoms with van der Waals surface area (Å²) < 4.78 is 2.00. The Bertz CT molecular complexity index is 498. The molecule has 2 aromatic rings. The number of fused-ring (bicyclic) bond motifs is 1. The second kappa shape index (κ2) is 4.41. The van der Waals surface area contributed by atoms with Crippen molar-refractivity contribution in [2.75, 3.05) is 19.6 Å². The molecule has 1 aliphatic heterocycles. The molecular formula is C12H17N5. The monoisotopic (exact) mass is 231 g/mol. The molecule has 0 bridgehead atoms. The summed E-state index contributed by atoms with van der Waals surface area (Å²) in [6.07, 6.45) is 4.09. The molecule has 90 valence electrons. The molecule has 0 aromatic carbocycles. The van der Waals surface area contributed by atoms with Crippen LogP contribution < -0.4 is 0 Å². The molecule has 0 unspecified atom stereocenters. The zero-order valence-electron chi connectivity index (χ0n) is 10.1. The Morgan fingerprint density at radius 3 is 2.94 bits per heavy atom. The SMILES string of the molecule is CCN1CCC(n2nnc3cccnc32)CC1. The fourth-order valence-corrected chi connectivity index (χ4v) is 2.51. The molecular weight excluding hydrogens is 214 g/mol. The molecule has 3 heterocycles. The molecule has 5 nitrogen and oxygen atoms in total. The van der Waals surface area contributed by atoms with Crippen LogP contribution in [0, 0.1) is 0 Å². The summed E-state index contributed by atoms with van der Waals surface area (Å²) >= 11 is 0. The van der Waals surface area contributed by atoms with Crippen LogP contribution in [0.5, 0.6) is 0 Å². The zero-order chi connectivity index (χ0) is 11.7. The van der Waals surface area contributed by atoms with Gasteiger partial charge in [-0.25, -0.2) is 9.67 Å². The highest BCUT2D eigenvalue weighted by Gasteiger charge is 2.22. The van der Waals surface area contributed by atoms with Crippen LogP contribution in [0.25, 0.3) is 11.2 Å². The van der Waals surface area contributed by atoms with Crippen LogP contribution in [-0.4, -0.2) is 44.5 Å². The normalized spacial score (nSPS) is 18.9. The molecule has 0 amide bonds. The second-order valence-corrected chi connectivity index (χ2v) is 4.55. The summed E-state index contributed by atoms with van der Waals surface area (Å²) in [5.74, 6) is 0. The molecule has 0 spiro atoms. The number of hydrogen-bond acceptors (Lipinski definition) is 4. The van der Waals surface area contributed by atoms with Gasteiger partial charge in [0.1, 0.15) is 5.52 Å². The third-order valence-corrected chi connectivity index (χ3v) is 3.58. The van der Waals surface area contributed by atoms with E-state index < -0.39 is 0 Å². The van der Waals surface area contributed by atoms with Crippen molar-refractivity contribution in [3.05, 3.63) is 18.3 Å². The van der Waals surface area contributed by atoms with Crippen molar-refractivity contribution < 1.29 is 0 Å². The van der Waals surface area contributed by atoms with E-state index in [1.54, 1.807) is 0 Å². The van der Waals surface area contributed by atoms with Gasteiger partial charge in [-0.3, -0.25) is 0 Å². The van der Waals surface area contributed by atoms with Gasteiger partial charge < -0.3 is 4.90 Å². The summed E-state index contributed by atoms with van der Waals surface area (Å²) in [6, 6.07) is 4.33. The van der Waals surface area contributed by atoms with Crippen molar-refractivity contribution in [3.8, 4) is 0 Å². The fourth-order valence-electron chi connectivity index (χ4n) is 2.51. The summed E-state index contributed by atoms with van der Waals surface area (Å²) in [5.41, 5.74) is 1.81. The Hall–Kier alpha value is -1.49. The molecule has 0 radical (unpaired) electrons. The van der Waals surface area contributed by atoms with E-state index in [9.17, 15) is 0 Å². The van der Waals surface area contributed by atoms with Crippen LogP contribution in [0.1, 0.15) is 25.8 Å². The molecule has 17 heavy (non-hydrogen) atoms. The topological polar surface area (TPSA) is 46.8 Å². The van der Waals surface area contributed by atoms with Crippen molar-refractivity contribution in [2.45, 2.75) is 25.8 Å². The third kappa shape index (κ3) is 1.91. The van der Waals surface area contributed by atoms with Crippen molar-refractivity contribution in [3.63, 3.8) is 0 Å². The van der Waals surface area contributed by atoms with Gasteiger partial charge in [-0.2, -0.15) is 0 Å². The fraction of sp³-hybridized carbons (Fsp3) is 0.583. The predicted molar refractivity (Wildman–Crippen MR) is 65.7 cm³/mol. The molecule has 2 aromatic heterocycles. The van der Waals surface area contributed by atoms with Gasteiger partial charge in [0.25, 0.3) is 0 Å². The molecule has 0 N–H and O–H groups in total. The van der Waals surface area contributed by atoms with Crippen molar-refractivity contribution >= 4 is 11.2 Å². The van der Waals surface area contributed by atoms with E-state index in [4.69, 9.17) is 0 Å². The summed E-state index contributed by atoms with van der Waals surface area (Å²) in [5, 5.41) is 8.43. The minimum absolute atomic E-state index is 0.456.